The molecule has 192 valence electrons. The van der Waals surface area contributed by atoms with E-state index in [2.05, 4.69) is 20.1 Å². The molecule has 0 radical (unpaired) electrons. The molecule has 2 aliphatic heterocycles. The van der Waals surface area contributed by atoms with Crippen LogP contribution in [0, 0.1) is 11.6 Å². The Labute approximate surface area is 205 Å². The second kappa shape index (κ2) is 10.2. The lowest BCUT2D eigenvalue weighted by Gasteiger charge is -2.40. The molecule has 10 heteroatoms. The SMILES string of the molecule is CNCCc1nc2c(n1C)CN([C@H]1CO[C@H](c3cc(F)ccc3F)[C@@H](NC(=O)OC(C)(C)C)C1)C2. The Kier molecular flexibility index (Phi) is 7.44. The second-order valence-corrected chi connectivity index (χ2v) is 10.3. The molecule has 0 saturated carbocycles. The number of carbonyl (C=O) groups is 1. The summed E-state index contributed by atoms with van der Waals surface area (Å²) in [5, 5.41) is 6.01. The molecular weight excluding hydrogens is 456 g/mol. The Morgan fingerprint density at radius 2 is 2.06 bits per heavy atom. The lowest BCUT2D eigenvalue weighted by atomic mass is 9.92. The number of likely N-dealkylation sites (N-methyl/N-ethyl adjacent to an activating group) is 1. The molecule has 3 atom stereocenters. The molecule has 0 unspecified atom stereocenters. The summed E-state index contributed by atoms with van der Waals surface area (Å²) in [5.41, 5.74) is 1.62. The summed E-state index contributed by atoms with van der Waals surface area (Å²) in [7, 11) is 3.96. The van der Waals surface area contributed by atoms with E-state index in [1.165, 1.54) is 5.69 Å². The first-order valence-corrected chi connectivity index (χ1v) is 12.0. The van der Waals surface area contributed by atoms with Gasteiger partial charge in [0, 0.05) is 44.7 Å². The van der Waals surface area contributed by atoms with E-state index < -0.39 is 35.5 Å². The van der Waals surface area contributed by atoms with Crippen molar-refractivity contribution in [2.45, 2.75) is 70.5 Å². The van der Waals surface area contributed by atoms with E-state index in [1.54, 1.807) is 20.8 Å². The van der Waals surface area contributed by atoms with Gasteiger partial charge in [0.1, 0.15) is 29.2 Å². The number of alkyl carbamates (subject to hydrolysis) is 1. The largest absolute Gasteiger partial charge is 0.444 e. The van der Waals surface area contributed by atoms with Crippen LogP contribution in [0.25, 0.3) is 0 Å². The molecule has 8 nitrogen and oxygen atoms in total. The Morgan fingerprint density at radius 1 is 1.29 bits per heavy atom. The minimum absolute atomic E-state index is 0.0298. The highest BCUT2D eigenvalue weighted by atomic mass is 19.1. The number of benzene rings is 1. The fourth-order valence-electron chi connectivity index (χ4n) is 4.83. The highest BCUT2D eigenvalue weighted by Gasteiger charge is 2.40. The van der Waals surface area contributed by atoms with Crippen molar-refractivity contribution in [3.8, 4) is 0 Å². The highest BCUT2D eigenvalue weighted by Crippen LogP contribution is 2.35. The van der Waals surface area contributed by atoms with Crippen LogP contribution < -0.4 is 10.6 Å². The fourth-order valence-corrected chi connectivity index (χ4v) is 4.83. The average molecular weight is 492 g/mol. The third-order valence-electron chi connectivity index (χ3n) is 6.54. The number of aromatic nitrogens is 2. The summed E-state index contributed by atoms with van der Waals surface area (Å²) >= 11 is 0. The zero-order valence-electron chi connectivity index (χ0n) is 21.0. The van der Waals surface area contributed by atoms with E-state index in [1.807, 2.05) is 14.1 Å². The van der Waals surface area contributed by atoms with Crippen molar-refractivity contribution in [2.75, 3.05) is 20.2 Å². The molecule has 2 N–H and O–H groups in total. The van der Waals surface area contributed by atoms with E-state index in [0.717, 1.165) is 42.7 Å². The molecule has 1 saturated heterocycles. The molecule has 35 heavy (non-hydrogen) atoms. The quantitative estimate of drug-likeness (QED) is 0.646. The van der Waals surface area contributed by atoms with E-state index in [0.29, 0.717) is 26.1 Å². The summed E-state index contributed by atoms with van der Waals surface area (Å²) in [6.45, 7) is 7.90. The molecule has 1 amide bonds. The summed E-state index contributed by atoms with van der Waals surface area (Å²) in [6, 6.07) is 2.66. The lowest BCUT2D eigenvalue weighted by Crippen LogP contribution is -2.52. The molecule has 0 aliphatic carbocycles. The average Bonchev–Trinajstić information content (AvgIpc) is 3.32. The smallest absolute Gasteiger partial charge is 0.407 e. The number of imidazole rings is 1. The van der Waals surface area contributed by atoms with Crippen LogP contribution in [0.4, 0.5) is 13.6 Å². The van der Waals surface area contributed by atoms with Crippen LogP contribution in [0.3, 0.4) is 0 Å². The van der Waals surface area contributed by atoms with Crippen molar-refractivity contribution in [2.24, 2.45) is 7.05 Å². The van der Waals surface area contributed by atoms with Gasteiger partial charge >= 0.3 is 6.09 Å². The summed E-state index contributed by atoms with van der Waals surface area (Å²) in [4.78, 5) is 19.7. The fraction of sp³-hybridized carbons (Fsp3) is 0.600. The Balaban J connectivity index is 1.51. The zero-order chi connectivity index (χ0) is 25.3. The first-order chi connectivity index (χ1) is 16.6. The Hall–Kier alpha value is -2.56. The molecular formula is C25H35F2N5O3. The van der Waals surface area contributed by atoms with Crippen LogP contribution in [0.1, 0.15) is 56.1 Å². The van der Waals surface area contributed by atoms with E-state index in [4.69, 9.17) is 14.5 Å². The van der Waals surface area contributed by atoms with Crippen LogP contribution in [0.15, 0.2) is 18.2 Å². The minimum Gasteiger partial charge on any atom is -0.444 e. The number of fused-ring (bicyclic) bond motifs is 1. The monoisotopic (exact) mass is 491 g/mol. The topological polar surface area (TPSA) is 80.7 Å². The van der Waals surface area contributed by atoms with Crippen molar-refractivity contribution in [3.63, 3.8) is 0 Å². The number of rotatable bonds is 6. The summed E-state index contributed by atoms with van der Waals surface area (Å²) < 4.78 is 42.3. The number of ether oxygens (including phenoxy) is 2. The van der Waals surface area contributed by atoms with Gasteiger partial charge in [0.25, 0.3) is 0 Å². The molecule has 0 bridgehead atoms. The molecule has 4 rings (SSSR count). The maximum Gasteiger partial charge on any atom is 0.407 e. The van der Waals surface area contributed by atoms with Gasteiger partial charge in [0.2, 0.25) is 0 Å². The molecule has 1 aromatic carbocycles. The van der Waals surface area contributed by atoms with Gasteiger partial charge in [-0.05, 0) is 52.4 Å². The third-order valence-corrected chi connectivity index (χ3v) is 6.54. The maximum absolute atomic E-state index is 14.6. The summed E-state index contributed by atoms with van der Waals surface area (Å²) in [6.07, 6.45) is -0.0877. The standard InChI is InChI=1S/C25H35F2N5O3/c1-25(2,3)35-24(33)30-19-11-16(14-34-23(19)17-10-15(26)6-7-18(17)27)32-12-20-21(13-32)31(5)22(29-20)8-9-28-4/h6-7,10,16,19,23,28H,8-9,11-14H2,1-5H3,(H,30,33)/t16-,19+,23-/m1/s1. The Bertz CT molecular complexity index is 1070. The van der Waals surface area contributed by atoms with Crippen LogP contribution >= 0.6 is 0 Å². The van der Waals surface area contributed by atoms with E-state index in [9.17, 15) is 13.6 Å². The normalized spacial score (nSPS) is 22.8. The van der Waals surface area contributed by atoms with Gasteiger partial charge in [-0.15, -0.1) is 0 Å². The first-order valence-electron chi connectivity index (χ1n) is 12.0. The predicted octanol–water partition coefficient (Wildman–Crippen LogP) is 3.20. The van der Waals surface area contributed by atoms with Crippen molar-refractivity contribution in [1.82, 2.24) is 25.1 Å². The molecule has 1 aromatic heterocycles. The molecule has 1 fully saturated rings. The van der Waals surface area contributed by atoms with Gasteiger partial charge < -0.3 is 24.7 Å². The summed E-state index contributed by atoms with van der Waals surface area (Å²) in [5.74, 6) is -0.0778. The first kappa shape index (κ1) is 25.5. The number of nitrogens with one attached hydrogen (secondary N) is 2. The molecule has 0 spiro atoms. The highest BCUT2D eigenvalue weighted by molar-refractivity contribution is 5.68. The van der Waals surface area contributed by atoms with Crippen molar-refractivity contribution in [1.29, 1.82) is 0 Å². The van der Waals surface area contributed by atoms with E-state index in [-0.39, 0.29) is 11.6 Å². The maximum atomic E-state index is 14.6. The third kappa shape index (κ3) is 5.82. The molecule has 2 aliphatic rings. The van der Waals surface area contributed by atoms with Gasteiger partial charge in [0.05, 0.1) is 24.0 Å². The van der Waals surface area contributed by atoms with Crippen molar-refractivity contribution in [3.05, 3.63) is 52.6 Å². The number of hydrogen-bond acceptors (Lipinski definition) is 6. The minimum atomic E-state index is -0.828. The number of amides is 1. The van der Waals surface area contributed by atoms with Crippen molar-refractivity contribution < 1.29 is 23.0 Å². The predicted molar refractivity (Wildman–Crippen MR) is 127 cm³/mol. The van der Waals surface area contributed by atoms with E-state index >= 15 is 0 Å². The van der Waals surface area contributed by atoms with Gasteiger partial charge in [-0.2, -0.15) is 0 Å². The van der Waals surface area contributed by atoms with Crippen LogP contribution in [0.2, 0.25) is 0 Å². The van der Waals surface area contributed by atoms with Gasteiger partial charge in [-0.3, -0.25) is 4.90 Å². The van der Waals surface area contributed by atoms with Gasteiger partial charge in [-0.1, -0.05) is 0 Å². The van der Waals surface area contributed by atoms with Gasteiger partial charge in [0.15, 0.2) is 0 Å². The number of halogens is 2. The van der Waals surface area contributed by atoms with Gasteiger partial charge in [-0.25, -0.2) is 18.6 Å². The number of nitrogens with zero attached hydrogens (tertiary/aromatic N) is 3. The van der Waals surface area contributed by atoms with Crippen molar-refractivity contribution >= 4 is 6.09 Å². The van der Waals surface area contributed by atoms with Crippen LogP contribution in [-0.4, -0.2) is 58.4 Å². The van der Waals surface area contributed by atoms with Crippen LogP contribution in [0.5, 0.6) is 0 Å². The molecule has 3 heterocycles. The lowest BCUT2D eigenvalue weighted by molar-refractivity contribution is -0.0630. The number of carbonyl (C=O) groups excluding carboxylic acids is 1. The molecule has 2 aromatic rings. The number of hydrogen-bond donors (Lipinski definition) is 2. The Morgan fingerprint density at radius 3 is 2.74 bits per heavy atom. The van der Waals surface area contributed by atoms with Crippen LogP contribution in [-0.2, 0) is 36.0 Å². The zero-order valence-corrected chi connectivity index (χ0v) is 21.0. The second-order valence-electron chi connectivity index (χ2n) is 10.3.